The average molecular weight is 466 g/mol. The fraction of sp³-hybridized carbons (Fsp3) is 0.552. The molecule has 0 atom stereocenters. The Kier molecular flexibility index (Phi) is 8.49. The van der Waals surface area contributed by atoms with Gasteiger partial charge in [0, 0.05) is 17.2 Å². The third kappa shape index (κ3) is 5.93. The third-order valence-corrected chi connectivity index (χ3v) is 7.27. The summed E-state index contributed by atoms with van der Waals surface area (Å²) in [4.78, 5) is 12.9. The SMILES string of the molecule is CCOc1cc(-c2ccc(NC(=O)C3CCCCC3)cc2COC2CCCC2)cc(OC)c1C. The molecular weight excluding hydrogens is 426 g/mol. The Labute approximate surface area is 204 Å². The van der Waals surface area contributed by atoms with E-state index < -0.39 is 0 Å². The van der Waals surface area contributed by atoms with Crippen molar-refractivity contribution < 1.29 is 19.0 Å². The van der Waals surface area contributed by atoms with Crippen LogP contribution in [0.1, 0.15) is 75.8 Å². The number of methoxy groups -OCH3 is 1. The van der Waals surface area contributed by atoms with Crippen LogP contribution in [0.5, 0.6) is 11.5 Å². The van der Waals surface area contributed by atoms with Crippen molar-refractivity contribution in [3.63, 3.8) is 0 Å². The smallest absolute Gasteiger partial charge is 0.227 e. The normalized spacial score (nSPS) is 17.0. The predicted molar refractivity (Wildman–Crippen MR) is 137 cm³/mol. The number of anilines is 1. The third-order valence-electron chi connectivity index (χ3n) is 7.27. The second kappa shape index (κ2) is 11.7. The van der Waals surface area contributed by atoms with Crippen LogP contribution >= 0.6 is 0 Å². The van der Waals surface area contributed by atoms with E-state index in [0.717, 1.165) is 78.0 Å². The Hall–Kier alpha value is -2.53. The number of ether oxygens (including phenoxy) is 3. The van der Waals surface area contributed by atoms with Gasteiger partial charge in [-0.2, -0.15) is 0 Å². The zero-order valence-electron chi connectivity index (χ0n) is 21.0. The molecule has 0 aliphatic heterocycles. The molecule has 0 saturated heterocycles. The summed E-state index contributed by atoms with van der Waals surface area (Å²) in [6.07, 6.45) is 10.6. The van der Waals surface area contributed by atoms with E-state index >= 15 is 0 Å². The van der Waals surface area contributed by atoms with E-state index in [0.29, 0.717) is 19.3 Å². The molecule has 0 radical (unpaired) electrons. The van der Waals surface area contributed by atoms with Gasteiger partial charge >= 0.3 is 0 Å². The van der Waals surface area contributed by atoms with Gasteiger partial charge in [0.25, 0.3) is 0 Å². The van der Waals surface area contributed by atoms with Crippen LogP contribution in [-0.2, 0) is 16.1 Å². The molecule has 5 heteroatoms. The van der Waals surface area contributed by atoms with Gasteiger partial charge in [0.05, 0.1) is 26.4 Å². The second-order valence-corrected chi connectivity index (χ2v) is 9.65. The topological polar surface area (TPSA) is 56.8 Å². The minimum Gasteiger partial charge on any atom is -0.496 e. The lowest BCUT2D eigenvalue weighted by Gasteiger charge is -2.22. The lowest BCUT2D eigenvalue weighted by molar-refractivity contribution is -0.120. The minimum absolute atomic E-state index is 0.127. The van der Waals surface area contributed by atoms with Crippen LogP contribution in [0, 0.1) is 12.8 Å². The molecule has 0 bridgehead atoms. The zero-order valence-corrected chi connectivity index (χ0v) is 21.0. The van der Waals surface area contributed by atoms with Gasteiger partial charge in [0.2, 0.25) is 5.91 Å². The largest absolute Gasteiger partial charge is 0.496 e. The molecule has 0 aromatic heterocycles. The molecule has 0 unspecified atom stereocenters. The summed E-state index contributed by atoms with van der Waals surface area (Å²) in [5.41, 5.74) is 5.01. The van der Waals surface area contributed by atoms with Gasteiger partial charge in [-0.3, -0.25) is 4.79 Å². The fourth-order valence-corrected chi connectivity index (χ4v) is 5.28. The van der Waals surface area contributed by atoms with Crippen LogP contribution < -0.4 is 14.8 Å². The summed E-state index contributed by atoms with van der Waals surface area (Å²) >= 11 is 0. The Balaban J connectivity index is 1.63. The van der Waals surface area contributed by atoms with Crippen molar-refractivity contribution in [1.29, 1.82) is 0 Å². The highest BCUT2D eigenvalue weighted by atomic mass is 16.5. The molecule has 2 fully saturated rings. The van der Waals surface area contributed by atoms with Crippen molar-refractivity contribution >= 4 is 11.6 Å². The molecule has 2 saturated carbocycles. The predicted octanol–water partition coefficient (Wildman–Crippen LogP) is 7.05. The number of carbonyl (C=O) groups excluding carboxylic acids is 1. The fourth-order valence-electron chi connectivity index (χ4n) is 5.28. The highest BCUT2D eigenvalue weighted by molar-refractivity contribution is 5.93. The van der Waals surface area contributed by atoms with Crippen LogP contribution in [0.3, 0.4) is 0 Å². The van der Waals surface area contributed by atoms with Gasteiger partial charge in [-0.05, 0) is 80.5 Å². The van der Waals surface area contributed by atoms with E-state index in [-0.39, 0.29) is 11.8 Å². The van der Waals surface area contributed by atoms with E-state index in [1.54, 1.807) is 7.11 Å². The Morgan fingerprint density at radius 1 is 0.971 bits per heavy atom. The van der Waals surface area contributed by atoms with Gasteiger partial charge in [-0.25, -0.2) is 0 Å². The first-order valence-corrected chi connectivity index (χ1v) is 13.0. The summed E-state index contributed by atoms with van der Waals surface area (Å²) < 4.78 is 17.9. The number of amides is 1. The Bertz CT molecular complexity index is 974. The number of nitrogens with one attached hydrogen (secondary N) is 1. The molecule has 184 valence electrons. The van der Waals surface area contributed by atoms with E-state index in [1.165, 1.54) is 19.3 Å². The van der Waals surface area contributed by atoms with E-state index in [9.17, 15) is 4.79 Å². The molecule has 2 aromatic rings. The zero-order chi connectivity index (χ0) is 23.9. The quantitative estimate of drug-likeness (QED) is 0.431. The van der Waals surface area contributed by atoms with Crippen molar-refractivity contribution in [2.24, 2.45) is 5.92 Å². The molecule has 4 rings (SSSR count). The van der Waals surface area contributed by atoms with E-state index in [1.807, 2.05) is 19.9 Å². The van der Waals surface area contributed by atoms with Gasteiger partial charge in [-0.15, -0.1) is 0 Å². The second-order valence-electron chi connectivity index (χ2n) is 9.65. The number of hydrogen-bond acceptors (Lipinski definition) is 4. The molecule has 2 aliphatic carbocycles. The molecule has 2 aromatic carbocycles. The summed E-state index contributed by atoms with van der Waals surface area (Å²) in [6, 6.07) is 10.3. The van der Waals surface area contributed by atoms with Crippen LogP contribution in [0.4, 0.5) is 5.69 Å². The summed E-state index contributed by atoms with van der Waals surface area (Å²) in [6.45, 7) is 5.12. The maximum Gasteiger partial charge on any atom is 0.227 e. The number of carbonyl (C=O) groups is 1. The van der Waals surface area contributed by atoms with Crippen molar-refractivity contribution in [2.75, 3.05) is 19.0 Å². The molecule has 0 spiro atoms. The molecular formula is C29H39NO4. The summed E-state index contributed by atoms with van der Waals surface area (Å²) in [5.74, 6) is 1.90. The lowest BCUT2D eigenvalue weighted by Crippen LogP contribution is -2.24. The average Bonchev–Trinajstić information content (AvgIpc) is 3.38. The molecule has 34 heavy (non-hydrogen) atoms. The highest BCUT2D eigenvalue weighted by Crippen LogP contribution is 2.37. The van der Waals surface area contributed by atoms with Crippen LogP contribution in [0.25, 0.3) is 11.1 Å². The van der Waals surface area contributed by atoms with Gasteiger partial charge < -0.3 is 19.5 Å². The van der Waals surface area contributed by atoms with Gasteiger partial charge in [0.15, 0.2) is 0 Å². The van der Waals surface area contributed by atoms with Crippen LogP contribution in [-0.4, -0.2) is 25.7 Å². The number of hydrogen-bond donors (Lipinski definition) is 1. The lowest BCUT2D eigenvalue weighted by atomic mass is 9.88. The van der Waals surface area contributed by atoms with Gasteiger partial charge in [0.1, 0.15) is 11.5 Å². The highest BCUT2D eigenvalue weighted by Gasteiger charge is 2.22. The summed E-state index contributed by atoms with van der Waals surface area (Å²) in [5, 5.41) is 3.18. The Morgan fingerprint density at radius 2 is 1.68 bits per heavy atom. The maximum atomic E-state index is 12.9. The standard InChI is InChI=1S/C29H39NO4/c1-4-33-28-18-22(17-27(32-3)20(28)2)26-15-14-24(30-29(31)21-10-6-5-7-11-21)16-23(26)19-34-25-12-8-9-13-25/h14-18,21,25H,4-13,19H2,1-3H3,(H,30,31). The first kappa shape index (κ1) is 24.6. The molecule has 2 aliphatic rings. The minimum atomic E-state index is 0.127. The van der Waals surface area contributed by atoms with Crippen LogP contribution in [0.15, 0.2) is 30.3 Å². The number of benzene rings is 2. The molecule has 1 N–H and O–H groups in total. The van der Waals surface area contributed by atoms with Crippen molar-refractivity contribution in [3.8, 4) is 22.6 Å². The van der Waals surface area contributed by atoms with Gasteiger partial charge in [-0.1, -0.05) is 38.2 Å². The first-order chi connectivity index (χ1) is 16.6. The van der Waals surface area contributed by atoms with E-state index in [4.69, 9.17) is 14.2 Å². The maximum absolute atomic E-state index is 12.9. The molecule has 1 amide bonds. The monoisotopic (exact) mass is 465 g/mol. The Morgan fingerprint density at radius 3 is 2.38 bits per heavy atom. The molecule has 5 nitrogen and oxygen atoms in total. The van der Waals surface area contributed by atoms with Crippen molar-refractivity contribution in [1.82, 2.24) is 0 Å². The van der Waals surface area contributed by atoms with Crippen LogP contribution in [0.2, 0.25) is 0 Å². The first-order valence-electron chi connectivity index (χ1n) is 13.0. The molecule has 0 heterocycles. The van der Waals surface area contributed by atoms with Crippen molar-refractivity contribution in [3.05, 3.63) is 41.5 Å². The summed E-state index contributed by atoms with van der Waals surface area (Å²) in [7, 11) is 1.69. The van der Waals surface area contributed by atoms with Crippen molar-refractivity contribution in [2.45, 2.75) is 84.3 Å². The number of rotatable bonds is 9. The van der Waals surface area contributed by atoms with E-state index in [2.05, 4.69) is 29.6 Å².